The maximum Gasteiger partial charge on any atom is 0.264 e. The van der Waals surface area contributed by atoms with Gasteiger partial charge in [0.2, 0.25) is 35.4 Å². The number of amides is 6. The van der Waals surface area contributed by atoms with Crippen LogP contribution >= 0.6 is 0 Å². The van der Waals surface area contributed by atoms with E-state index in [1.807, 2.05) is 49.1 Å². The molecule has 0 aromatic heterocycles. The molecular weight excluding hydrogens is 883 g/mol. The molecule has 1 aliphatic heterocycles. The van der Waals surface area contributed by atoms with Gasteiger partial charge in [0, 0.05) is 32.4 Å². The van der Waals surface area contributed by atoms with Crippen molar-refractivity contribution in [2.24, 2.45) is 11.8 Å². The lowest BCUT2D eigenvalue weighted by Gasteiger charge is -2.34. The van der Waals surface area contributed by atoms with Crippen LogP contribution in [0.5, 0.6) is 0 Å². The lowest BCUT2D eigenvalue weighted by Crippen LogP contribution is -2.63. The van der Waals surface area contributed by atoms with Gasteiger partial charge in [-0.3, -0.25) is 42.6 Å². The average Bonchev–Trinajstić information content (AvgIpc) is 3.27. The van der Waals surface area contributed by atoms with Gasteiger partial charge in [-0.25, -0.2) is 0 Å². The Morgan fingerprint density at radius 1 is 0.731 bits per heavy atom. The predicted octanol–water partition coefficient (Wildman–Crippen LogP) is 1.18. The van der Waals surface area contributed by atoms with Gasteiger partial charge in [-0.05, 0) is 55.6 Å². The second kappa shape index (κ2) is 27.8. The van der Waals surface area contributed by atoms with Crippen LogP contribution in [0.1, 0.15) is 77.8 Å². The molecule has 1 fully saturated rings. The van der Waals surface area contributed by atoms with Crippen molar-refractivity contribution in [3.05, 3.63) is 71.8 Å². The SMILES string of the molecule is C#CCNC(=O)CCC(=O)NC(C)(COS(C)(=O)=O)C(=O)C(CC(C)C)NC(=O)C(Cc1ccccc1)NC(=O)C(CC(C)C)NC(=O)C(CCc1ccccc1)NC(=O)CN1CCOCC1. The molecule has 1 aliphatic rings. The highest BCUT2D eigenvalue weighted by molar-refractivity contribution is 7.86. The quantitative estimate of drug-likeness (QED) is 0.0520. The molecule has 2 aromatic rings. The van der Waals surface area contributed by atoms with E-state index in [1.165, 1.54) is 6.92 Å². The van der Waals surface area contributed by atoms with Crippen molar-refractivity contribution < 1.29 is 50.9 Å². The van der Waals surface area contributed by atoms with Crippen LogP contribution < -0.4 is 31.9 Å². The molecule has 18 nitrogen and oxygen atoms in total. The monoisotopic (exact) mass is 951 g/mol. The number of ether oxygens (including phenoxy) is 1. The summed E-state index contributed by atoms with van der Waals surface area (Å²) < 4.78 is 34.8. The highest BCUT2D eigenvalue weighted by Gasteiger charge is 2.42. The van der Waals surface area contributed by atoms with Crippen molar-refractivity contribution >= 4 is 51.3 Å². The minimum Gasteiger partial charge on any atom is -0.379 e. The third-order valence-corrected chi connectivity index (χ3v) is 11.3. The molecule has 0 bridgehead atoms. The lowest BCUT2D eigenvalue weighted by atomic mass is 9.87. The van der Waals surface area contributed by atoms with E-state index in [0.29, 0.717) is 38.3 Å². The Morgan fingerprint density at radius 3 is 1.84 bits per heavy atom. The smallest absolute Gasteiger partial charge is 0.264 e. The number of hydrogen-bond acceptors (Lipinski definition) is 12. The second-order valence-corrected chi connectivity index (χ2v) is 19.5. The molecule has 1 saturated heterocycles. The summed E-state index contributed by atoms with van der Waals surface area (Å²) in [7, 11) is -4.13. The van der Waals surface area contributed by atoms with E-state index in [1.54, 1.807) is 44.2 Å². The molecule has 5 unspecified atom stereocenters. The first-order valence-corrected chi connectivity index (χ1v) is 24.5. The van der Waals surface area contributed by atoms with Gasteiger partial charge in [0.1, 0.15) is 23.7 Å². The zero-order chi connectivity index (χ0) is 49.6. The van der Waals surface area contributed by atoms with E-state index in [9.17, 15) is 42.0 Å². The number of rotatable bonds is 28. The molecule has 2 aromatic carbocycles. The van der Waals surface area contributed by atoms with Crippen LogP contribution in [-0.2, 0) is 65.4 Å². The normalized spacial score (nSPS) is 15.7. The number of hydrogen-bond donors (Lipinski definition) is 6. The van der Waals surface area contributed by atoms with Crippen molar-refractivity contribution in [3.63, 3.8) is 0 Å². The molecule has 0 radical (unpaired) electrons. The van der Waals surface area contributed by atoms with Crippen molar-refractivity contribution in [1.29, 1.82) is 0 Å². The fourth-order valence-electron chi connectivity index (χ4n) is 7.32. The number of benzene rings is 2. The Hall–Kier alpha value is -5.68. The fraction of sp³-hybridized carbons (Fsp3) is 0.562. The van der Waals surface area contributed by atoms with Crippen LogP contribution in [0.25, 0.3) is 0 Å². The molecule has 0 saturated carbocycles. The summed E-state index contributed by atoms with van der Waals surface area (Å²) in [6.07, 6.45) is 6.17. The fourth-order valence-corrected chi connectivity index (χ4v) is 7.77. The van der Waals surface area contributed by atoms with Crippen LogP contribution in [0.2, 0.25) is 0 Å². The van der Waals surface area contributed by atoms with Crippen molar-refractivity contribution in [2.75, 3.05) is 52.3 Å². The van der Waals surface area contributed by atoms with Gasteiger partial charge >= 0.3 is 0 Å². The molecular formula is C48H69N7O11S. The lowest BCUT2D eigenvalue weighted by molar-refractivity contribution is -0.137. The Kier molecular flexibility index (Phi) is 23.1. The second-order valence-electron chi connectivity index (χ2n) is 17.9. The number of carbonyl (C=O) groups is 7. The number of nitrogens with one attached hydrogen (secondary N) is 6. The molecule has 6 N–H and O–H groups in total. The molecule has 368 valence electrons. The summed E-state index contributed by atoms with van der Waals surface area (Å²) in [5, 5.41) is 16.3. The highest BCUT2D eigenvalue weighted by Crippen LogP contribution is 2.18. The third-order valence-electron chi connectivity index (χ3n) is 10.8. The molecule has 1 heterocycles. The van der Waals surface area contributed by atoms with Crippen LogP contribution in [0.3, 0.4) is 0 Å². The summed E-state index contributed by atoms with van der Waals surface area (Å²) in [6.45, 7) is 9.89. The van der Waals surface area contributed by atoms with Gasteiger partial charge < -0.3 is 36.6 Å². The molecule has 67 heavy (non-hydrogen) atoms. The zero-order valence-electron chi connectivity index (χ0n) is 39.6. The third kappa shape index (κ3) is 21.2. The average molecular weight is 952 g/mol. The van der Waals surface area contributed by atoms with E-state index in [0.717, 1.165) is 11.8 Å². The van der Waals surface area contributed by atoms with Crippen LogP contribution in [0, 0.1) is 24.2 Å². The Labute approximate surface area is 395 Å². The summed E-state index contributed by atoms with van der Waals surface area (Å²) in [4.78, 5) is 98.2. The van der Waals surface area contributed by atoms with Crippen molar-refractivity contribution in [1.82, 2.24) is 36.8 Å². The van der Waals surface area contributed by atoms with Crippen molar-refractivity contribution in [3.8, 4) is 12.3 Å². The van der Waals surface area contributed by atoms with Gasteiger partial charge in [-0.2, -0.15) is 8.42 Å². The van der Waals surface area contributed by atoms with E-state index >= 15 is 0 Å². The molecule has 5 atom stereocenters. The number of Topliss-reactive ketones (excluding diaryl/α,β-unsaturated/α-hetero) is 1. The largest absolute Gasteiger partial charge is 0.379 e. The van der Waals surface area contributed by atoms with E-state index in [2.05, 4.69) is 37.8 Å². The first-order chi connectivity index (χ1) is 31.7. The molecule has 0 spiro atoms. The number of ketones is 1. The van der Waals surface area contributed by atoms with E-state index in [4.69, 9.17) is 15.3 Å². The Bertz CT molecular complexity index is 2110. The van der Waals surface area contributed by atoms with Crippen molar-refractivity contribution in [2.45, 2.75) is 109 Å². The number of nitrogens with zero attached hydrogens (tertiary/aromatic N) is 1. The minimum absolute atomic E-state index is 0.0308. The standard InChI is InChI=1S/C48H69N7O11S/c1-8-23-49-41(56)21-22-42(57)54-48(6,32-66-67(7,63)64)44(59)38(28-33(2)3)51-47(62)40(30-36-17-13-10-14-18-36)53-46(61)39(29-34(4)5)52-45(60)37(20-19-35-15-11-9-12-16-35)50-43(58)31-55-24-26-65-27-25-55/h1,9-18,33-34,37-40H,19-32H2,2-7H3,(H,49,56)(H,50,58)(H,51,62)(H,52,60)(H,53,61)(H,54,57). The number of aryl methyl sites for hydroxylation is 1. The number of terminal acetylenes is 1. The molecule has 0 aliphatic carbocycles. The van der Waals surface area contributed by atoms with E-state index < -0.39 is 81.8 Å². The summed E-state index contributed by atoms with van der Waals surface area (Å²) in [6, 6.07) is 13.5. The zero-order valence-corrected chi connectivity index (χ0v) is 40.4. The van der Waals surface area contributed by atoms with Gasteiger partial charge in [0.25, 0.3) is 10.1 Å². The topological polar surface area (TPSA) is 248 Å². The van der Waals surface area contributed by atoms with E-state index in [-0.39, 0.29) is 69.4 Å². The van der Waals surface area contributed by atoms with Crippen LogP contribution in [0.4, 0.5) is 0 Å². The maximum atomic E-state index is 14.5. The van der Waals surface area contributed by atoms with Gasteiger partial charge in [-0.1, -0.05) is 94.3 Å². The van der Waals surface area contributed by atoms with Gasteiger partial charge in [-0.15, -0.1) is 6.42 Å². The number of morpholine rings is 1. The molecule has 3 rings (SSSR count). The minimum atomic E-state index is -4.13. The summed E-state index contributed by atoms with van der Waals surface area (Å²) >= 11 is 0. The summed E-state index contributed by atoms with van der Waals surface area (Å²) in [5.41, 5.74) is -0.412. The molecule has 19 heteroatoms. The Morgan fingerprint density at radius 2 is 1.25 bits per heavy atom. The maximum absolute atomic E-state index is 14.5. The molecule has 6 amide bonds. The summed E-state index contributed by atoms with van der Waals surface area (Å²) in [5.74, 6) is -2.55. The van der Waals surface area contributed by atoms with Crippen LogP contribution in [-0.4, -0.2) is 137 Å². The van der Waals surface area contributed by atoms with Gasteiger partial charge in [0.05, 0.1) is 45.2 Å². The first-order valence-electron chi connectivity index (χ1n) is 22.7. The highest BCUT2D eigenvalue weighted by atomic mass is 32.2. The van der Waals surface area contributed by atoms with Gasteiger partial charge in [0.15, 0.2) is 5.78 Å². The number of carbonyl (C=O) groups excluding carboxylic acids is 7. The predicted molar refractivity (Wildman–Crippen MR) is 252 cm³/mol. The van der Waals surface area contributed by atoms with Crippen LogP contribution in [0.15, 0.2) is 60.7 Å². The Balaban J connectivity index is 1.92. The first kappa shape index (κ1) is 55.6.